The van der Waals surface area contributed by atoms with E-state index in [0.29, 0.717) is 23.2 Å². The van der Waals surface area contributed by atoms with Crippen LogP contribution in [0.25, 0.3) is 11.0 Å². The van der Waals surface area contributed by atoms with E-state index in [9.17, 15) is 4.79 Å². The van der Waals surface area contributed by atoms with Crippen LogP contribution in [0.2, 0.25) is 5.15 Å². The van der Waals surface area contributed by atoms with E-state index in [4.69, 9.17) is 16.3 Å². The monoisotopic (exact) mass is 436 g/mol. The van der Waals surface area contributed by atoms with Crippen LogP contribution in [0.1, 0.15) is 21.7 Å². The fourth-order valence-corrected chi connectivity index (χ4v) is 3.42. The molecular weight excluding hydrogens is 416 g/mol. The second-order valence-electron chi connectivity index (χ2n) is 6.96. The van der Waals surface area contributed by atoms with Crippen LogP contribution >= 0.6 is 11.6 Å². The number of ether oxygens (including phenoxy) is 1. The van der Waals surface area contributed by atoms with E-state index in [1.54, 1.807) is 23.9 Å². The number of anilines is 1. The maximum Gasteiger partial charge on any atom is 0.269 e. The number of rotatable bonds is 6. The number of hydrogen-bond donors (Lipinski definition) is 2. The number of nitrogens with zero attached hydrogens (tertiary/aromatic N) is 4. The largest absolute Gasteiger partial charge is 0.457 e. The Labute approximate surface area is 184 Å². The number of aromatic nitrogens is 4. The molecule has 0 aliphatic carbocycles. The van der Waals surface area contributed by atoms with Gasteiger partial charge in [0.05, 0.1) is 5.69 Å². The third kappa shape index (κ3) is 4.44. The van der Waals surface area contributed by atoms with Crippen molar-refractivity contribution >= 4 is 34.2 Å². The lowest BCUT2D eigenvalue weighted by molar-refractivity contribution is 0.0958. The van der Waals surface area contributed by atoms with Gasteiger partial charge in [0.1, 0.15) is 22.3 Å². The fourth-order valence-electron chi connectivity index (χ4n) is 3.22. The summed E-state index contributed by atoms with van der Waals surface area (Å²) in [4.78, 5) is 20.3. The second kappa shape index (κ2) is 8.61. The van der Waals surface area contributed by atoms with Gasteiger partial charge in [0.25, 0.3) is 5.91 Å². The number of fused-ring (bicyclic) bond motifs is 1. The molecule has 2 N–H and O–H groups in total. The number of halogens is 1. The summed E-state index contributed by atoms with van der Waals surface area (Å²) in [6.45, 7) is 2.44. The quantitative estimate of drug-likeness (QED) is 0.442. The summed E-state index contributed by atoms with van der Waals surface area (Å²) < 4.78 is 7.62. The molecule has 0 atom stereocenters. The first-order chi connectivity index (χ1) is 14.9. The molecule has 158 valence electrons. The van der Waals surface area contributed by atoms with Crippen molar-refractivity contribution < 1.29 is 9.53 Å². The van der Waals surface area contributed by atoms with Gasteiger partial charge in [-0.2, -0.15) is 5.10 Å². The van der Waals surface area contributed by atoms with E-state index in [1.165, 1.54) is 6.20 Å². The van der Waals surface area contributed by atoms with Crippen LogP contribution < -0.4 is 15.4 Å². The summed E-state index contributed by atoms with van der Waals surface area (Å²) in [6.07, 6.45) is 1.54. The number of carbonyl (C=O) groups excluding carboxylic acids is 1. The minimum atomic E-state index is -0.271. The van der Waals surface area contributed by atoms with Crippen LogP contribution in [0.3, 0.4) is 0 Å². The molecule has 0 aliphatic heterocycles. The molecule has 0 bridgehead atoms. The second-order valence-corrected chi connectivity index (χ2v) is 7.32. The number of pyridine rings is 2. The molecule has 3 aromatic heterocycles. The summed E-state index contributed by atoms with van der Waals surface area (Å²) in [5.74, 6) is 0.879. The number of aryl methyl sites for hydroxylation is 2. The Hall–Kier alpha value is -3.65. The van der Waals surface area contributed by atoms with E-state index >= 15 is 0 Å². The van der Waals surface area contributed by atoms with Crippen molar-refractivity contribution in [2.45, 2.75) is 13.5 Å². The molecule has 1 amide bonds. The van der Waals surface area contributed by atoms with E-state index in [-0.39, 0.29) is 11.6 Å². The minimum Gasteiger partial charge on any atom is -0.457 e. The fraction of sp³-hybridized carbons (Fsp3) is 0.182. The molecule has 0 spiro atoms. The molecule has 8 nitrogen and oxygen atoms in total. The van der Waals surface area contributed by atoms with Crippen LogP contribution in [0.4, 0.5) is 5.69 Å². The lowest BCUT2D eigenvalue weighted by Crippen LogP contribution is -2.18. The van der Waals surface area contributed by atoms with Crippen LogP contribution in [-0.2, 0) is 13.6 Å². The SMILES string of the molecule is CNC(=O)c1cc(Oc2cccc(NCc3cc4c(C)nn(C)c4nc3Cl)c2)ccn1. The van der Waals surface area contributed by atoms with E-state index in [1.807, 2.05) is 44.3 Å². The van der Waals surface area contributed by atoms with Gasteiger partial charge in [-0.3, -0.25) is 14.5 Å². The van der Waals surface area contributed by atoms with Crippen molar-refractivity contribution in [1.82, 2.24) is 25.1 Å². The van der Waals surface area contributed by atoms with Gasteiger partial charge < -0.3 is 15.4 Å². The maximum absolute atomic E-state index is 11.8. The lowest BCUT2D eigenvalue weighted by atomic mass is 10.2. The Morgan fingerprint density at radius 2 is 2.00 bits per heavy atom. The third-order valence-corrected chi connectivity index (χ3v) is 5.10. The van der Waals surface area contributed by atoms with Gasteiger partial charge in [-0.15, -0.1) is 0 Å². The highest BCUT2D eigenvalue weighted by molar-refractivity contribution is 6.30. The number of carbonyl (C=O) groups is 1. The van der Waals surface area contributed by atoms with Crippen LogP contribution in [0.5, 0.6) is 11.5 Å². The molecule has 0 saturated carbocycles. The molecule has 0 unspecified atom stereocenters. The molecule has 0 radical (unpaired) electrons. The van der Waals surface area contributed by atoms with Gasteiger partial charge in [-0.1, -0.05) is 17.7 Å². The molecule has 0 saturated heterocycles. The number of nitrogens with one attached hydrogen (secondary N) is 2. The van der Waals surface area contributed by atoms with Crippen molar-refractivity contribution in [3.8, 4) is 11.5 Å². The van der Waals surface area contributed by atoms with Gasteiger partial charge in [0, 0.05) is 55.6 Å². The predicted octanol–water partition coefficient (Wildman–Crippen LogP) is 4.09. The van der Waals surface area contributed by atoms with Crippen molar-refractivity contribution in [3.05, 3.63) is 70.8 Å². The zero-order chi connectivity index (χ0) is 22.0. The molecule has 4 aromatic rings. The Kier molecular flexibility index (Phi) is 5.73. The number of hydrogen-bond acceptors (Lipinski definition) is 6. The summed E-state index contributed by atoms with van der Waals surface area (Å²) in [5, 5.41) is 11.7. The Morgan fingerprint density at radius 3 is 2.81 bits per heavy atom. The van der Waals surface area contributed by atoms with Crippen LogP contribution in [0.15, 0.2) is 48.7 Å². The molecule has 4 rings (SSSR count). The van der Waals surface area contributed by atoms with Crippen molar-refractivity contribution in [3.63, 3.8) is 0 Å². The highest BCUT2D eigenvalue weighted by atomic mass is 35.5. The highest BCUT2D eigenvalue weighted by Gasteiger charge is 2.12. The van der Waals surface area contributed by atoms with Crippen molar-refractivity contribution in [2.24, 2.45) is 7.05 Å². The van der Waals surface area contributed by atoms with E-state index < -0.39 is 0 Å². The number of amides is 1. The maximum atomic E-state index is 11.8. The van der Waals surface area contributed by atoms with E-state index in [0.717, 1.165) is 28.0 Å². The van der Waals surface area contributed by atoms with Gasteiger partial charge >= 0.3 is 0 Å². The standard InChI is InChI=1S/C22H21ClN6O2/c1-13-18-9-14(20(23)27-21(18)29(3)28-13)12-26-15-5-4-6-16(10-15)31-17-7-8-25-19(11-17)22(30)24-2/h4-11,26H,12H2,1-3H3,(H,24,30). The molecule has 0 aliphatic rings. The molecule has 31 heavy (non-hydrogen) atoms. The van der Waals surface area contributed by atoms with Crippen molar-refractivity contribution in [1.29, 1.82) is 0 Å². The molecule has 3 heterocycles. The Morgan fingerprint density at radius 1 is 1.19 bits per heavy atom. The first-order valence-corrected chi connectivity index (χ1v) is 10.0. The zero-order valence-corrected chi connectivity index (χ0v) is 18.1. The summed E-state index contributed by atoms with van der Waals surface area (Å²) >= 11 is 6.39. The minimum absolute atomic E-state index is 0.271. The summed E-state index contributed by atoms with van der Waals surface area (Å²) in [5.41, 5.74) is 3.69. The average Bonchev–Trinajstić information content (AvgIpc) is 3.04. The third-order valence-electron chi connectivity index (χ3n) is 4.77. The van der Waals surface area contributed by atoms with Gasteiger partial charge in [0.2, 0.25) is 0 Å². The van der Waals surface area contributed by atoms with E-state index in [2.05, 4.69) is 25.7 Å². The van der Waals surface area contributed by atoms with Gasteiger partial charge in [-0.05, 0) is 31.2 Å². The first-order valence-electron chi connectivity index (χ1n) is 9.63. The van der Waals surface area contributed by atoms with Crippen LogP contribution in [-0.4, -0.2) is 32.7 Å². The zero-order valence-electron chi connectivity index (χ0n) is 17.3. The van der Waals surface area contributed by atoms with Crippen LogP contribution in [0, 0.1) is 6.92 Å². The summed E-state index contributed by atoms with van der Waals surface area (Å²) in [7, 11) is 3.41. The molecule has 1 aromatic carbocycles. The highest BCUT2D eigenvalue weighted by Crippen LogP contribution is 2.26. The Balaban J connectivity index is 1.49. The van der Waals surface area contributed by atoms with Crippen molar-refractivity contribution in [2.75, 3.05) is 12.4 Å². The van der Waals surface area contributed by atoms with Gasteiger partial charge in [-0.25, -0.2) is 4.98 Å². The molecular formula is C22H21ClN6O2. The molecule has 0 fully saturated rings. The topological polar surface area (TPSA) is 94.0 Å². The number of benzene rings is 1. The van der Waals surface area contributed by atoms with Gasteiger partial charge in [0.15, 0.2) is 5.65 Å². The predicted molar refractivity (Wildman–Crippen MR) is 120 cm³/mol. The average molecular weight is 437 g/mol. The first kappa shape index (κ1) is 20.6. The summed E-state index contributed by atoms with van der Waals surface area (Å²) in [6, 6.07) is 12.8. The lowest BCUT2D eigenvalue weighted by Gasteiger charge is -2.11. The Bertz CT molecular complexity index is 1270. The molecule has 9 heteroatoms. The smallest absolute Gasteiger partial charge is 0.269 e. The normalized spacial score (nSPS) is 10.8.